The van der Waals surface area contributed by atoms with Crippen LogP contribution < -0.4 is 10.6 Å². The van der Waals surface area contributed by atoms with E-state index in [0.717, 1.165) is 13.0 Å². The number of rotatable bonds is 7. The van der Waals surface area contributed by atoms with Gasteiger partial charge in [0.25, 0.3) is 0 Å². The predicted molar refractivity (Wildman–Crippen MR) is 92.2 cm³/mol. The Morgan fingerprint density at radius 1 is 1.48 bits per heavy atom. The standard InChI is InChI=1S/C16H23N3S2/c1-3-11(2)15-14(8-17)21-16(18-15)19(13-4-5-13)9-12-6-7-20-10-12/h6-7,10-11,13H,3-5,8-9,17H2,1-2H3. The number of thiazole rings is 1. The SMILES string of the molecule is CCC(C)c1nc(N(Cc2ccsc2)C2CC2)sc1CN. The number of hydrogen-bond acceptors (Lipinski definition) is 5. The number of aromatic nitrogens is 1. The third-order valence-corrected chi connectivity index (χ3v) is 6.01. The summed E-state index contributed by atoms with van der Waals surface area (Å²) >= 11 is 3.56. The number of hydrogen-bond donors (Lipinski definition) is 1. The molecule has 1 unspecified atom stereocenters. The van der Waals surface area contributed by atoms with Gasteiger partial charge in [0, 0.05) is 24.0 Å². The lowest BCUT2D eigenvalue weighted by molar-refractivity contribution is 0.698. The predicted octanol–water partition coefficient (Wildman–Crippen LogP) is 4.35. The molecule has 1 fully saturated rings. The number of nitrogens with zero attached hydrogens (tertiary/aromatic N) is 2. The summed E-state index contributed by atoms with van der Waals surface area (Å²) < 4.78 is 0. The van der Waals surface area contributed by atoms with Gasteiger partial charge in [0.15, 0.2) is 5.13 Å². The lowest BCUT2D eigenvalue weighted by Gasteiger charge is -2.21. The molecule has 0 aromatic carbocycles. The molecule has 21 heavy (non-hydrogen) atoms. The first kappa shape index (κ1) is 15.0. The summed E-state index contributed by atoms with van der Waals surface area (Å²) in [6, 6.07) is 2.89. The Morgan fingerprint density at radius 3 is 2.86 bits per heavy atom. The monoisotopic (exact) mass is 321 g/mol. The molecule has 1 saturated carbocycles. The number of anilines is 1. The third-order valence-electron chi connectivity index (χ3n) is 4.15. The van der Waals surface area contributed by atoms with Gasteiger partial charge in [0.2, 0.25) is 0 Å². The van der Waals surface area contributed by atoms with Crippen molar-refractivity contribution in [3.8, 4) is 0 Å². The second kappa shape index (κ2) is 6.46. The van der Waals surface area contributed by atoms with Gasteiger partial charge in [-0.15, -0.1) is 11.3 Å². The lowest BCUT2D eigenvalue weighted by Crippen LogP contribution is -2.24. The van der Waals surface area contributed by atoms with Crippen molar-refractivity contribution in [3.05, 3.63) is 33.0 Å². The van der Waals surface area contributed by atoms with Crippen molar-refractivity contribution in [3.63, 3.8) is 0 Å². The van der Waals surface area contributed by atoms with Gasteiger partial charge in [0.1, 0.15) is 0 Å². The molecular formula is C16H23N3S2. The second-order valence-corrected chi connectivity index (χ2v) is 7.65. The molecule has 0 amide bonds. The van der Waals surface area contributed by atoms with E-state index >= 15 is 0 Å². The van der Waals surface area contributed by atoms with Crippen molar-refractivity contribution >= 4 is 27.8 Å². The zero-order valence-electron chi connectivity index (χ0n) is 12.7. The molecule has 2 heterocycles. The van der Waals surface area contributed by atoms with E-state index in [9.17, 15) is 0 Å². The minimum Gasteiger partial charge on any atom is -0.341 e. The summed E-state index contributed by atoms with van der Waals surface area (Å²) in [5.74, 6) is 0.496. The Hall–Kier alpha value is -0.910. The Morgan fingerprint density at radius 2 is 2.29 bits per heavy atom. The van der Waals surface area contributed by atoms with Gasteiger partial charge < -0.3 is 10.6 Å². The molecule has 5 heteroatoms. The van der Waals surface area contributed by atoms with Gasteiger partial charge in [-0.1, -0.05) is 13.8 Å². The van der Waals surface area contributed by atoms with Crippen molar-refractivity contribution in [2.24, 2.45) is 5.73 Å². The van der Waals surface area contributed by atoms with Crippen LogP contribution in [0.5, 0.6) is 0 Å². The quantitative estimate of drug-likeness (QED) is 0.824. The van der Waals surface area contributed by atoms with Crippen molar-refractivity contribution in [1.82, 2.24) is 4.98 Å². The van der Waals surface area contributed by atoms with Crippen LogP contribution in [0.15, 0.2) is 16.8 Å². The van der Waals surface area contributed by atoms with Crippen molar-refractivity contribution < 1.29 is 0 Å². The first-order chi connectivity index (χ1) is 10.2. The Balaban J connectivity index is 1.87. The first-order valence-electron chi connectivity index (χ1n) is 7.70. The molecule has 114 valence electrons. The first-order valence-corrected chi connectivity index (χ1v) is 9.46. The fourth-order valence-corrected chi connectivity index (χ4v) is 4.31. The normalized spacial score (nSPS) is 16.1. The molecule has 2 aromatic heterocycles. The highest BCUT2D eigenvalue weighted by atomic mass is 32.1. The fraction of sp³-hybridized carbons (Fsp3) is 0.562. The van der Waals surface area contributed by atoms with E-state index < -0.39 is 0 Å². The van der Waals surface area contributed by atoms with E-state index in [-0.39, 0.29) is 0 Å². The molecule has 3 rings (SSSR count). The molecule has 1 aliphatic rings. The van der Waals surface area contributed by atoms with E-state index in [1.807, 2.05) is 0 Å². The molecule has 0 spiro atoms. The molecule has 1 atom stereocenters. The maximum Gasteiger partial charge on any atom is 0.186 e. The highest BCUT2D eigenvalue weighted by molar-refractivity contribution is 7.15. The maximum atomic E-state index is 5.94. The van der Waals surface area contributed by atoms with Gasteiger partial charge in [-0.2, -0.15) is 11.3 Å². The van der Waals surface area contributed by atoms with Crippen LogP contribution in [0.4, 0.5) is 5.13 Å². The minimum absolute atomic E-state index is 0.496. The smallest absolute Gasteiger partial charge is 0.186 e. The topological polar surface area (TPSA) is 42.2 Å². The minimum atomic E-state index is 0.496. The van der Waals surface area contributed by atoms with E-state index in [2.05, 4.69) is 35.6 Å². The lowest BCUT2D eigenvalue weighted by atomic mass is 10.0. The highest BCUT2D eigenvalue weighted by Crippen LogP contribution is 2.38. The van der Waals surface area contributed by atoms with Crippen LogP contribution in [-0.4, -0.2) is 11.0 Å². The zero-order chi connectivity index (χ0) is 14.8. The van der Waals surface area contributed by atoms with Gasteiger partial charge in [-0.3, -0.25) is 0 Å². The summed E-state index contributed by atoms with van der Waals surface area (Å²) in [5, 5.41) is 5.56. The summed E-state index contributed by atoms with van der Waals surface area (Å²) in [5.41, 5.74) is 8.55. The second-order valence-electron chi connectivity index (χ2n) is 5.81. The van der Waals surface area contributed by atoms with Crippen LogP contribution in [0, 0.1) is 0 Å². The molecular weight excluding hydrogens is 298 g/mol. The van der Waals surface area contributed by atoms with Crippen LogP contribution in [0.3, 0.4) is 0 Å². The Kier molecular flexibility index (Phi) is 4.62. The van der Waals surface area contributed by atoms with E-state index in [1.54, 1.807) is 22.7 Å². The summed E-state index contributed by atoms with van der Waals surface area (Å²) in [4.78, 5) is 8.71. The molecule has 0 bridgehead atoms. The molecule has 0 aliphatic heterocycles. The van der Waals surface area contributed by atoms with Crippen LogP contribution >= 0.6 is 22.7 Å². The van der Waals surface area contributed by atoms with Gasteiger partial charge in [0.05, 0.1) is 5.69 Å². The van der Waals surface area contributed by atoms with Gasteiger partial charge in [-0.05, 0) is 47.6 Å². The fourth-order valence-electron chi connectivity index (χ4n) is 2.52. The zero-order valence-corrected chi connectivity index (χ0v) is 14.3. The van der Waals surface area contributed by atoms with Crippen LogP contribution in [0.2, 0.25) is 0 Å². The summed E-state index contributed by atoms with van der Waals surface area (Å²) in [7, 11) is 0. The number of nitrogens with two attached hydrogens (primary N) is 1. The molecule has 3 nitrogen and oxygen atoms in total. The molecule has 0 saturated heterocycles. The average molecular weight is 322 g/mol. The molecule has 0 radical (unpaired) electrons. The van der Waals surface area contributed by atoms with E-state index in [0.29, 0.717) is 18.5 Å². The van der Waals surface area contributed by atoms with Gasteiger partial charge in [-0.25, -0.2) is 4.98 Å². The van der Waals surface area contributed by atoms with E-state index in [1.165, 1.54) is 34.1 Å². The Labute approximate surface area is 134 Å². The van der Waals surface area contributed by atoms with Crippen LogP contribution in [-0.2, 0) is 13.1 Å². The number of thiophene rings is 1. The summed E-state index contributed by atoms with van der Waals surface area (Å²) in [6.07, 6.45) is 3.70. The van der Waals surface area contributed by atoms with Crippen molar-refractivity contribution in [2.75, 3.05) is 4.90 Å². The van der Waals surface area contributed by atoms with Gasteiger partial charge >= 0.3 is 0 Å². The van der Waals surface area contributed by atoms with Crippen LogP contribution in [0.1, 0.15) is 55.2 Å². The Bertz CT molecular complexity index is 572. The highest BCUT2D eigenvalue weighted by Gasteiger charge is 2.32. The summed E-state index contributed by atoms with van der Waals surface area (Å²) in [6.45, 7) is 6.05. The molecule has 2 aromatic rings. The third kappa shape index (κ3) is 3.30. The maximum absolute atomic E-state index is 5.94. The molecule has 1 aliphatic carbocycles. The van der Waals surface area contributed by atoms with E-state index in [4.69, 9.17) is 10.7 Å². The van der Waals surface area contributed by atoms with Crippen LogP contribution in [0.25, 0.3) is 0 Å². The average Bonchev–Trinajstić information content (AvgIpc) is 3.04. The van der Waals surface area contributed by atoms with Crippen molar-refractivity contribution in [2.45, 2.75) is 58.2 Å². The van der Waals surface area contributed by atoms with Crippen molar-refractivity contribution in [1.29, 1.82) is 0 Å². The molecule has 2 N–H and O–H groups in total. The largest absolute Gasteiger partial charge is 0.341 e.